The average Bonchev–Trinajstić information content (AvgIpc) is 2.71. The van der Waals surface area contributed by atoms with Crippen LogP contribution < -0.4 is 14.8 Å². The van der Waals surface area contributed by atoms with E-state index in [0.717, 1.165) is 19.3 Å². The minimum absolute atomic E-state index is 0.304. The summed E-state index contributed by atoms with van der Waals surface area (Å²) in [7, 11) is 3.05. The molecule has 0 atom stereocenters. The first kappa shape index (κ1) is 20.3. The predicted molar refractivity (Wildman–Crippen MR) is 104 cm³/mol. The second-order valence-electron chi connectivity index (χ2n) is 5.98. The van der Waals surface area contributed by atoms with Crippen LogP contribution in [0.2, 0.25) is 0 Å². The van der Waals surface area contributed by atoms with E-state index in [1.807, 2.05) is 0 Å². The van der Waals surface area contributed by atoms with Crippen molar-refractivity contribution in [1.82, 2.24) is 0 Å². The molecule has 2 rings (SSSR count). The van der Waals surface area contributed by atoms with Crippen molar-refractivity contribution in [3.8, 4) is 11.5 Å². The number of hydrogen-bond donors (Lipinski definition) is 1. The summed E-state index contributed by atoms with van der Waals surface area (Å²) in [5, 5.41) is 2.78. The highest BCUT2D eigenvalue weighted by molar-refractivity contribution is 6.05. The highest BCUT2D eigenvalue weighted by Gasteiger charge is 2.11. The van der Waals surface area contributed by atoms with Gasteiger partial charge in [-0.3, -0.25) is 4.79 Å². The van der Waals surface area contributed by atoms with Gasteiger partial charge in [-0.2, -0.15) is 0 Å². The van der Waals surface area contributed by atoms with Crippen LogP contribution in [0, 0.1) is 0 Å². The molecule has 0 saturated heterocycles. The molecule has 0 aliphatic rings. The van der Waals surface area contributed by atoms with Crippen LogP contribution in [0.4, 0.5) is 5.69 Å². The fourth-order valence-corrected chi connectivity index (χ4v) is 2.43. The maximum atomic E-state index is 12.5. The Morgan fingerprint density at radius 3 is 2.07 bits per heavy atom. The lowest BCUT2D eigenvalue weighted by atomic mass is 10.1. The van der Waals surface area contributed by atoms with Gasteiger partial charge in [0.15, 0.2) is 0 Å². The van der Waals surface area contributed by atoms with Gasteiger partial charge < -0.3 is 19.5 Å². The fraction of sp³-hybridized carbons (Fsp3) is 0.333. The number of ether oxygens (including phenoxy) is 3. The SMILES string of the molecule is CCCCCOC(=O)c1ccc(NC(=O)c2cc(OC)cc(OC)c2)cc1. The van der Waals surface area contributed by atoms with Crippen molar-refractivity contribution in [2.75, 3.05) is 26.1 Å². The summed E-state index contributed by atoms with van der Waals surface area (Å²) in [6.07, 6.45) is 2.97. The summed E-state index contributed by atoms with van der Waals surface area (Å²) < 4.78 is 15.6. The van der Waals surface area contributed by atoms with E-state index >= 15 is 0 Å². The molecule has 0 fully saturated rings. The maximum absolute atomic E-state index is 12.5. The molecule has 0 bridgehead atoms. The van der Waals surface area contributed by atoms with Gasteiger partial charge in [0, 0.05) is 17.3 Å². The van der Waals surface area contributed by atoms with Gasteiger partial charge in [-0.05, 0) is 42.8 Å². The van der Waals surface area contributed by atoms with E-state index in [4.69, 9.17) is 14.2 Å². The summed E-state index contributed by atoms with van der Waals surface area (Å²) in [4.78, 5) is 24.4. The Labute approximate surface area is 159 Å². The first-order valence-corrected chi connectivity index (χ1v) is 8.89. The molecule has 0 aliphatic carbocycles. The monoisotopic (exact) mass is 371 g/mol. The van der Waals surface area contributed by atoms with Gasteiger partial charge in [0.2, 0.25) is 0 Å². The molecule has 0 aliphatic heterocycles. The quantitative estimate of drug-likeness (QED) is 0.525. The van der Waals surface area contributed by atoms with Crippen molar-refractivity contribution in [2.24, 2.45) is 0 Å². The van der Waals surface area contributed by atoms with E-state index < -0.39 is 0 Å². The zero-order valence-electron chi connectivity index (χ0n) is 15.9. The number of rotatable bonds is 9. The molecule has 144 valence electrons. The third-order valence-electron chi connectivity index (χ3n) is 3.97. The standard InChI is InChI=1S/C21H25NO5/c1-4-5-6-11-27-21(24)15-7-9-17(10-8-15)22-20(23)16-12-18(25-2)14-19(13-16)26-3/h7-10,12-14H,4-6,11H2,1-3H3,(H,22,23). The van der Waals surface area contributed by atoms with Crippen LogP contribution in [0.15, 0.2) is 42.5 Å². The Hall–Kier alpha value is -3.02. The number of anilines is 1. The molecule has 1 amide bonds. The number of benzene rings is 2. The van der Waals surface area contributed by atoms with E-state index in [1.165, 1.54) is 14.2 Å². The number of esters is 1. The lowest BCUT2D eigenvalue weighted by Gasteiger charge is -2.10. The van der Waals surface area contributed by atoms with Gasteiger partial charge in [0.05, 0.1) is 26.4 Å². The lowest BCUT2D eigenvalue weighted by molar-refractivity contribution is 0.0498. The third kappa shape index (κ3) is 6.02. The number of hydrogen-bond acceptors (Lipinski definition) is 5. The summed E-state index contributed by atoms with van der Waals surface area (Å²) in [5.41, 5.74) is 1.43. The number of carbonyl (C=O) groups is 2. The van der Waals surface area contributed by atoms with Gasteiger partial charge in [0.1, 0.15) is 11.5 Å². The molecular formula is C21H25NO5. The second kappa shape index (κ2) is 10.2. The number of nitrogens with one attached hydrogen (secondary N) is 1. The fourth-order valence-electron chi connectivity index (χ4n) is 2.43. The largest absolute Gasteiger partial charge is 0.497 e. The van der Waals surface area contributed by atoms with Gasteiger partial charge in [-0.15, -0.1) is 0 Å². The van der Waals surface area contributed by atoms with Crippen molar-refractivity contribution in [2.45, 2.75) is 26.2 Å². The highest BCUT2D eigenvalue weighted by Crippen LogP contribution is 2.23. The van der Waals surface area contributed by atoms with Crippen LogP contribution in [0.5, 0.6) is 11.5 Å². The molecule has 27 heavy (non-hydrogen) atoms. The molecule has 1 N–H and O–H groups in total. The molecule has 0 spiro atoms. The van der Waals surface area contributed by atoms with E-state index in [2.05, 4.69) is 12.2 Å². The molecule has 0 unspecified atom stereocenters. The topological polar surface area (TPSA) is 73.9 Å². The Morgan fingerprint density at radius 2 is 1.52 bits per heavy atom. The van der Waals surface area contributed by atoms with E-state index in [9.17, 15) is 9.59 Å². The molecule has 2 aromatic carbocycles. The number of methoxy groups -OCH3 is 2. The molecule has 2 aromatic rings. The smallest absolute Gasteiger partial charge is 0.338 e. The Bertz CT molecular complexity index is 748. The Kier molecular flexibility index (Phi) is 7.67. The summed E-state index contributed by atoms with van der Waals surface area (Å²) in [6.45, 7) is 2.51. The number of unbranched alkanes of at least 4 members (excludes halogenated alkanes) is 2. The Morgan fingerprint density at radius 1 is 0.889 bits per heavy atom. The van der Waals surface area contributed by atoms with E-state index in [-0.39, 0.29) is 11.9 Å². The van der Waals surface area contributed by atoms with Gasteiger partial charge >= 0.3 is 5.97 Å². The van der Waals surface area contributed by atoms with Crippen LogP contribution in [0.3, 0.4) is 0 Å². The zero-order valence-corrected chi connectivity index (χ0v) is 15.9. The van der Waals surface area contributed by atoms with Crippen molar-refractivity contribution in [1.29, 1.82) is 0 Å². The van der Waals surface area contributed by atoms with Crippen LogP contribution in [0.25, 0.3) is 0 Å². The van der Waals surface area contributed by atoms with Gasteiger partial charge in [-0.25, -0.2) is 4.79 Å². The number of amides is 1. The molecular weight excluding hydrogens is 346 g/mol. The lowest BCUT2D eigenvalue weighted by Crippen LogP contribution is -2.12. The van der Waals surface area contributed by atoms with Crippen molar-refractivity contribution in [3.63, 3.8) is 0 Å². The molecule has 0 heterocycles. The zero-order chi connectivity index (χ0) is 19.6. The second-order valence-corrected chi connectivity index (χ2v) is 5.98. The van der Waals surface area contributed by atoms with Crippen molar-refractivity contribution < 1.29 is 23.8 Å². The first-order valence-electron chi connectivity index (χ1n) is 8.89. The van der Waals surface area contributed by atoms with Crippen LogP contribution >= 0.6 is 0 Å². The minimum Gasteiger partial charge on any atom is -0.497 e. The molecule has 0 aromatic heterocycles. The van der Waals surface area contributed by atoms with Gasteiger partial charge in [-0.1, -0.05) is 19.8 Å². The van der Waals surface area contributed by atoms with Crippen LogP contribution in [-0.2, 0) is 4.74 Å². The summed E-state index contributed by atoms with van der Waals surface area (Å²) >= 11 is 0. The average molecular weight is 371 g/mol. The Balaban J connectivity index is 1.99. The number of carbonyl (C=O) groups excluding carboxylic acids is 2. The van der Waals surface area contributed by atoms with Gasteiger partial charge in [0.25, 0.3) is 5.91 Å². The first-order chi connectivity index (χ1) is 13.1. The normalized spacial score (nSPS) is 10.2. The van der Waals surface area contributed by atoms with Crippen LogP contribution in [0.1, 0.15) is 46.9 Å². The molecule has 6 heteroatoms. The van der Waals surface area contributed by atoms with E-state index in [1.54, 1.807) is 42.5 Å². The van der Waals surface area contributed by atoms with Crippen molar-refractivity contribution in [3.05, 3.63) is 53.6 Å². The van der Waals surface area contributed by atoms with Crippen LogP contribution in [-0.4, -0.2) is 32.7 Å². The molecule has 6 nitrogen and oxygen atoms in total. The minimum atomic E-state index is -0.360. The molecule has 0 saturated carbocycles. The molecule has 0 radical (unpaired) electrons. The highest BCUT2D eigenvalue weighted by atomic mass is 16.5. The predicted octanol–water partition coefficient (Wildman–Crippen LogP) is 4.30. The van der Waals surface area contributed by atoms with E-state index in [0.29, 0.717) is 34.9 Å². The third-order valence-corrected chi connectivity index (χ3v) is 3.97. The summed E-state index contributed by atoms with van der Waals surface area (Å²) in [6, 6.07) is 11.5. The van der Waals surface area contributed by atoms with Crippen molar-refractivity contribution >= 4 is 17.6 Å². The summed E-state index contributed by atoms with van der Waals surface area (Å²) in [5.74, 6) is 0.393. The maximum Gasteiger partial charge on any atom is 0.338 e.